The maximum atomic E-state index is 11.6. The van der Waals surface area contributed by atoms with Crippen molar-refractivity contribution in [1.29, 1.82) is 0 Å². The van der Waals surface area contributed by atoms with Crippen LogP contribution in [0.5, 0.6) is 5.75 Å². The molecule has 17 heavy (non-hydrogen) atoms. The van der Waals surface area contributed by atoms with Gasteiger partial charge >= 0.3 is 11.9 Å². The van der Waals surface area contributed by atoms with Crippen LogP contribution in [0.15, 0.2) is 6.20 Å². The van der Waals surface area contributed by atoms with E-state index in [4.69, 9.17) is 4.74 Å². The zero-order valence-corrected chi connectivity index (χ0v) is 10.1. The Hall–Kier alpha value is -2.11. The normalized spacial score (nSPS) is 9.65. The van der Waals surface area contributed by atoms with Gasteiger partial charge in [0.25, 0.3) is 0 Å². The van der Waals surface area contributed by atoms with E-state index in [0.717, 1.165) is 0 Å². The molecule has 1 rings (SSSR count). The molecule has 0 aliphatic rings. The van der Waals surface area contributed by atoms with Crippen LogP contribution in [0.2, 0.25) is 0 Å². The number of carbonyl (C=O) groups excluding carboxylic acids is 2. The van der Waals surface area contributed by atoms with Crippen LogP contribution in [0, 0.1) is 6.92 Å². The van der Waals surface area contributed by atoms with E-state index in [2.05, 4.69) is 14.5 Å². The number of hydrogen-bond acceptors (Lipinski definition) is 6. The number of pyridine rings is 1. The third-order valence-corrected chi connectivity index (χ3v) is 2.21. The molecule has 6 heteroatoms. The molecule has 0 aliphatic carbocycles. The van der Waals surface area contributed by atoms with E-state index in [0.29, 0.717) is 5.69 Å². The lowest BCUT2D eigenvalue weighted by Gasteiger charge is -2.12. The Labute approximate surface area is 98.5 Å². The summed E-state index contributed by atoms with van der Waals surface area (Å²) in [6, 6.07) is 0. The lowest BCUT2D eigenvalue weighted by atomic mass is 10.1. The first-order valence-electron chi connectivity index (χ1n) is 4.77. The van der Waals surface area contributed by atoms with Gasteiger partial charge in [-0.15, -0.1) is 0 Å². The monoisotopic (exact) mass is 239 g/mol. The topological polar surface area (TPSA) is 74.7 Å². The van der Waals surface area contributed by atoms with Crippen LogP contribution in [0.4, 0.5) is 0 Å². The summed E-state index contributed by atoms with van der Waals surface area (Å²) in [7, 11) is 3.83. The summed E-state index contributed by atoms with van der Waals surface area (Å²) in [6.45, 7) is 1.66. The van der Waals surface area contributed by atoms with Gasteiger partial charge in [0.1, 0.15) is 5.56 Å². The Balaban J connectivity index is 3.50. The van der Waals surface area contributed by atoms with Gasteiger partial charge in [0, 0.05) is 6.20 Å². The molecule has 0 fully saturated rings. The Morgan fingerprint density at radius 1 is 1.12 bits per heavy atom. The average Bonchev–Trinajstić information content (AvgIpc) is 2.36. The standard InChI is InChI=1S/C11H13NO5/c1-6-9(15-2)8(11(14)17-4)7(5-12-6)10(13)16-3/h5H,1-4H3. The third kappa shape index (κ3) is 2.35. The maximum Gasteiger partial charge on any atom is 0.342 e. The van der Waals surface area contributed by atoms with E-state index in [1.807, 2.05) is 0 Å². The SMILES string of the molecule is COC(=O)c1cnc(C)c(OC)c1C(=O)OC. The van der Waals surface area contributed by atoms with Crippen molar-refractivity contribution in [3.63, 3.8) is 0 Å². The Morgan fingerprint density at radius 3 is 2.18 bits per heavy atom. The molecule has 0 aliphatic heterocycles. The number of hydrogen-bond donors (Lipinski definition) is 0. The highest BCUT2D eigenvalue weighted by Crippen LogP contribution is 2.26. The minimum atomic E-state index is -0.673. The Morgan fingerprint density at radius 2 is 1.71 bits per heavy atom. The van der Waals surface area contributed by atoms with E-state index >= 15 is 0 Å². The molecule has 0 saturated carbocycles. The highest BCUT2D eigenvalue weighted by molar-refractivity contribution is 6.05. The fourth-order valence-electron chi connectivity index (χ4n) is 1.41. The van der Waals surface area contributed by atoms with Crippen LogP contribution in [-0.4, -0.2) is 38.3 Å². The summed E-state index contributed by atoms with van der Waals surface area (Å²) < 4.78 is 14.2. The molecule has 1 aromatic rings. The first kappa shape index (κ1) is 13.0. The van der Waals surface area contributed by atoms with E-state index in [1.165, 1.54) is 27.5 Å². The van der Waals surface area contributed by atoms with Crippen LogP contribution < -0.4 is 4.74 Å². The molecule has 1 aromatic heterocycles. The van der Waals surface area contributed by atoms with Gasteiger partial charge in [0.2, 0.25) is 0 Å². The molecule has 0 N–H and O–H groups in total. The smallest absolute Gasteiger partial charge is 0.342 e. The largest absolute Gasteiger partial charge is 0.494 e. The highest BCUT2D eigenvalue weighted by atomic mass is 16.5. The third-order valence-electron chi connectivity index (χ3n) is 2.21. The van der Waals surface area contributed by atoms with Crippen molar-refractivity contribution in [3.05, 3.63) is 23.0 Å². The Bertz CT molecular complexity index is 455. The number of rotatable bonds is 3. The van der Waals surface area contributed by atoms with Gasteiger partial charge in [-0.2, -0.15) is 0 Å². The molecule has 0 amide bonds. The molecule has 0 spiro atoms. The van der Waals surface area contributed by atoms with Crippen molar-refractivity contribution in [1.82, 2.24) is 4.98 Å². The van der Waals surface area contributed by atoms with Crippen molar-refractivity contribution in [2.75, 3.05) is 21.3 Å². The highest BCUT2D eigenvalue weighted by Gasteiger charge is 2.25. The Kier molecular flexibility index (Phi) is 4.03. The number of methoxy groups -OCH3 is 3. The van der Waals surface area contributed by atoms with E-state index in [9.17, 15) is 9.59 Å². The molecule has 92 valence electrons. The predicted octanol–water partition coefficient (Wildman–Crippen LogP) is 0.972. The summed E-state index contributed by atoms with van der Waals surface area (Å²) in [5, 5.41) is 0. The van der Waals surface area contributed by atoms with E-state index in [1.54, 1.807) is 6.92 Å². The van der Waals surface area contributed by atoms with Crippen LogP contribution in [0.25, 0.3) is 0 Å². The number of ether oxygens (including phenoxy) is 3. The zero-order valence-electron chi connectivity index (χ0n) is 10.1. The molecule has 0 unspecified atom stereocenters. The molecular formula is C11H13NO5. The molecule has 0 radical (unpaired) electrons. The molecule has 1 heterocycles. The maximum absolute atomic E-state index is 11.6. The van der Waals surface area contributed by atoms with Crippen molar-refractivity contribution >= 4 is 11.9 Å². The van der Waals surface area contributed by atoms with Gasteiger partial charge in [-0.05, 0) is 6.92 Å². The minimum absolute atomic E-state index is 0.0156. The van der Waals surface area contributed by atoms with Crippen LogP contribution in [-0.2, 0) is 9.47 Å². The summed E-state index contributed by atoms with van der Waals surface area (Å²) >= 11 is 0. The van der Waals surface area contributed by atoms with Gasteiger partial charge in [0.05, 0.1) is 32.6 Å². The zero-order chi connectivity index (χ0) is 13.0. The molecule has 0 saturated heterocycles. The lowest BCUT2D eigenvalue weighted by molar-refractivity contribution is 0.0551. The van der Waals surface area contributed by atoms with Crippen LogP contribution >= 0.6 is 0 Å². The van der Waals surface area contributed by atoms with Crippen molar-refractivity contribution < 1.29 is 23.8 Å². The van der Waals surface area contributed by atoms with Crippen LogP contribution in [0.3, 0.4) is 0 Å². The van der Waals surface area contributed by atoms with Crippen molar-refractivity contribution in [2.45, 2.75) is 6.92 Å². The first-order chi connectivity index (χ1) is 8.06. The number of esters is 2. The number of carbonyl (C=O) groups is 2. The molecular weight excluding hydrogens is 226 g/mol. The fourth-order valence-corrected chi connectivity index (χ4v) is 1.41. The summed E-state index contributed by atoms with van der Waals surface area (Å²) in [5.74, 6) is -1.14. The summed E-state index contributed by atoms with van der Waals surface area (Å²) in [6.07, 6.45) is 1.26. The second kappa shape index (κ2) is 5.29. The van der Waals surface area contributed by atoms with Gasteiger partial charge < -0.3 is 14.2 Å². The molecule has 0 bridgehead atoms. The second-order valence-electron chi connectivity index (χ2n) is 3.15. The van der Waals surface area contributed by atoms with Gasteiger partial charge in [-0.3, -0.25) is 4.98 Å². The van der Waals surface area contributed by atoms with Gasteiger partial charge in [-0.25, -0.2) is 9.59 Å². The molecule has 0 aromatic carbocycles. The fraction of sp³-hybridized carbons (Fsp3) is 0.364. The number of nitrogens with zero attached hydrogens (tertiary/aromatic N) is 1. The number of aromatic nitrogens is 1. The van der Waals surface area contributed by atoms with Gasteiger partial charge in [0.15, 0.2) is 5.75 Å². The van der Waals surface area contributed by atoms with Crippen LogP contribution in [0.1, 0.15) is 26.4 Å². The summed E-state index contributed by atoms with van der Waals surface area (Å²) in [4.78, 5) is 27.1. The molecule has 0 atom stereocenters. The minimum Gasteiger partial charge on any atom is -0.494 e. The average molecular weight is 239 g/mol. The second-order valence-corrected chi connectivity index (χ2v) is 3.15. The summed E-state index contributed by atoms with van der Waals surface area (Å²) in [5.41, 5.74) is 0.525. The quantitative estimate of drug-likeness (QED) is 0.732. The van der Waals surface area contributed by atoms with Crippen molar-refractivity contribution in [3.8, 4) is 5.75 Å². The lowest BCUT2D eigenvalue weighted by Crippen LogP contribution is -2.15. The van der Waals surface area contributed by atoms with Gasteiger partial charge in [-0.1, -0.05) is 0 Å². The predicted molar refractivity (Wildman–Crippen MR) is 58.2 cm³/mol. The van der Waals surface area contributed by atoms with E-state index in [-0.39, 0.29) is 16.9 Å². The number of aryl methyl sites for hydroxylation is 1. The first-order valence-corrected chi connectivity index (χ1v) is 4.77. The molecule has 6 nitrogen and oxygen atoms in total. The van der Waals surface area contributed by atoms with Crippen molar-refractivity contribution in [2.24, 2.45) is 0 Å². The van der Waals surface area contributed by atoms with E-state index < -0.39 is 11.9 Å².